The van der Waals surface area contributed by atoms with Crippen LogP contribution in [-0.4, -0.2) is 12.5 Å². The van der Waals surface area contributed by atoms with Crippen LogP contribution in [0.15, 0.2) is 78.9 Å². The van der Waals surface area contributed by atoms with Crippen LogP contribution in [0.4, 0.5) is 0 Å². The van der Waals surface area contributed by atoms with E-state index in [0.717, 1.165) is 28.0 Å². The summed E-state index contributed by atoms with van der Waals surface area (Å²) in [7, 11) is 0. The fraction of sp³-hybridized carbons (Fsp3) is 0.208. The quantitative estimate of drug-likeness (QED) is 0.603. The van der Waals surface area contributed by atoms with Gasteiger partial charge in [0.2, 0.25) is 0 Å². The maximum Gasteiger partial charge on any atom is 0.258 e. The third-order valence-corrected chi connectivity index (χ3v) is 4.31. The molecule has 1 N–H and O–H groups in total. The number of carbonyl (C=O) groups is 1. The Morgan fingerprint density at radius 3 is 2.32 bits per heavy atom. The van der Waals surface area contributed by atoms with Gasteiger partial charge in [-0.2, -0.15) is 0 Å². The summed E-state index contributed by atoms with van der Waals surface area (Å²) in [5.41, 5.74) is 4.28. The zero-order chi connectivity index (χ0) is 19.6. The van der Waals surface area contributed by atoms with Gasteiger partial charge < -0.3 is 14.8 Å². The third kappa shape index (κ3) is 6.25. The number of hydrogen-bond donors (Lipinski definition) is 1. The van der Waals surface area contributed by atoms with E-state index in [2.05, 4.69) is 5.32 Å². The second-order valence-corrected chi connectivity index (χ2v) is 6.63. The Morgan fingerprint density at radius 2 is 1.50 bits per heavy atom. The van der Waals surface area contributed by atoms with E-state index in [-0.39, 0.29) is 12.5 Å². The first-order valence-electron chi connectivity index (χ1n) is 9.35. The number of aryl methyl sites for hydroxylation is 1. The lowest BCUT2D eigenvalue weighted by molar-refractivity contribution is -0.123. The predicted octanol–water partition coefficient (Wildman–Crippen LogP) is 4.41. The average Bonchev–Trinajstić information content (AvgIpc) is 2.73. The van der Waals surface area contributed by atoms with Crippen LogP contribution in [0.25, 0.3) is 0 Å². The molecule has 28 heavy (non-hydrogen) atoms. The molecule has 3 aromatic carbocycles. The number of benzene rings is 3. The molecule has 0 spiro atoms. The van der Waals surface area contributed by atoms with Gasteiger partial charge in [0.25, 0.3) is 5.91 Å². The van der Waals surface area contributed by atoms with E-state index in [4.69, 9.17) is 9.47 Å². The van der Waals surface area contributed by atoms with Crippen LogP contribution in [0.5, 0.6) is 5.75 Å². The van der Waals surface area contributed by atoms with Gasteiger partial charge in [-0.05, 0) is 35.2 Å². The van der Waals surface area contributed by atoms with Gasteiger partial charge in [-0.15, -0.1) is 0 Å². The van der Waals surface area contributed by atoms with E-state index >= 15 is 0 Å². The number of hydrogen-bond acceptors (Lipinski definition) is 3. The Bertz CT molecular complexity index is 893. The first-order valence-corrected chi connectivity index (χ1v) is 9.35. The van der Waals surface area contributed by atoms with Crippen LogP contribution in [0.2, 0.25) is 0 Å². The van der Waals surface area contributed by atoms with Gasteiger partial charge in [0.05, 0.1) is 13.2 Å². The summed E-state index contributed by atoms with van der Waals surface area (Å²) in [5, 5.41) is 2.89. The molecule has 0 radical (unpaired) electrons. The fourth-order valence-corrected chi connectivity index (χ4v) is 2.80. The summed E-state index contributed by atoms with van der Waals surface area (Å²) < 4.78 is 11.4. The van der Waals surface area contributed by atoms with E-state index < -0.39 is 0 Å². The lowest BCUT2D eigenvalue weighted by atomic mass is 10.1. The van der Waals surface area contributed by atoms with E-state index in [1.165, 1.54) is 0 Å². The van der Waals surface area contributed by atoms with E-state index in [0.29, 0.717) is 19.8 Å². The van der Waals surface area contributed by atoms with Crippen LogP contribution in [-0.2, 0) is 29.3 Å². The lowest BCUT2D eigenvalue weighted by Crippen LogP contribution is -2.28. The highest BCUT2D eigenvalue weighted by Gasteiger charge is 2.05. The molecule has 0 heterocycles. The summed E-state index contributed by atoms with van der Waals surface area (Å²) in [6.45, 7) is 3.54. The Balaban J connectivity index is 1.42. The lowest BCUT2D eigenvalue weighted by Gasteiger charge is -2.10. The first kappa shape index (κ1) is 19.6. The van der Waals surface area contributed by atoms with Crippen molar-refractivity contribution < 1.29 is 14.3 Å². The molecule has 0 atom stereocenters. The molecule has 0 aliphatic carbocycles. The van der Waals surface area contributed by atoms with Crippen LogP contribution >= 0.6 is 0 Å². The summed E-state index contributed by atoms with van der Waals surface area (Å²) in [6.07, 6.45) is 0. The number of nitrogens with one attached hydrogen (secondary N) is 1. The van der Waals surface area contributed by atoms with Gasteiger partial charge in [0.1, 0.15) is 5.75 Å². The molecule has 0 saturated carbocycles. The zero-order valence-electron chi connectivity index (χ0n) is 16.1. The van der Waals surface area contributed by atoms with Gasteiger partial charge in [-0.25, -0.2) is 0 Å². The smallest absolute Gasteiger partial charge is 0.258 e. The predicted molar refractivity (Wildman–Crippen MR) is 110 cm³/mol. The Morgan fingerprint density at radius 1 is 0.821 bits per heavy atom. The van der Waals surface area contributed by atoms with Crippen molar-refractivity contribution in [3.8, 4) is 5.75 Å². The highest BCUT2D eigenvalue weighted by molar-refractivity contribution is 5.77. The largest absolute Gasteiger partial charge is 0.484 e. The molecule has 0 unspecified atom stereocenters. The molecule has 1 amide bonds. The van der Waals surface area contributed by atoms with Crippen LogP contribution in [0, 0.1) is 6.92 Å². The number of rotatable bonds is 9. The van der Waals surface area contributed by atoms with Gasteiger partial charge in [0.15, 0.2) is 6.61 Å². The Hall–Kier alpha value is -3.11. The first-order chi connectivity index (χ1) is 13.7. The molecule has 144 valence electrons. The Labute approximate surface area is 166 Å². The van der Waals surface area contributed by atoms with Crippen molar-refractivity contribution in [3.05, 3.63) is 101 Å². The second kappa shape index (κ2) is 10.3. The minimum atomic E-state index is -0.144. The molecule has 0 aromatic heterocycles. The second-order valence-electron chi connectivity index (χ2n) is 6.63. The van der Waals surface area contributed by atoms with Crippen LogP contribution in [0.1, 0.15) is 22.3 Å². The summed E-state index contributed by atoms with van der Waals surface area (Å²) in [6, 6.07) is 25.8. The van der Waals surface area contributed by atoms with E-state index in [9.17, 15) is 4.79 Å². The number of ether oxygens (including phenoxy) is 2. The minimum absolute atomic E-state index is 0.00469. The summed E-state index contributed by atoms with van der Waals surface area (Å²) in [5.74, 6) is 0.587. The zero-order valence-corrected chi connectivity index (χ0v) is 16.1. The monoisotopic (exact) mass is 375 g/mol. The van der Waals surface area contributed by atoms with Crippen molar-refractivity contribution in [2.24, 2.45) is 0 Å². The van der Waals surface area contributed by atoms with Gasteiger partial charge in [-0.3, -0.25) is 4.79 Å². The molecule has 4 nitrogen and oxygen atoms in total. The molecule has 3 aromatic rings. The summed E-state index contributed by atoms with van der Waals surface area (Å²) in [4.78, 5) is 12.1. The molecule has 4 heteroatoms. The number of para-hydroxylation sites is 1. The number of amides is 1. The maximum atomic E-state index is 12.1. The standard InChI is InChI=1S/C24H25NO3/c1-19-8-5-6-13-23(19)28-18-24(26)25-15-21-11-7-12-22(14-21)17-27-16-20-9-3-2-4-10-20/h2-14H,15-18H2,1H3,(H,25,26). The van der Waals surface area contributed by atoms with E-state index in [1.807, 2.05) is 85.8 Å². The van der Waals surface area contributed by atoms with Gasteiger partial charge in [-0.1, -0.05) is 72.8 Å². The molecule has 3 rings (SSSR count). The van der Waals surface area contributed by atoms with Crippen molar-refractivity contribution in [1.29, 1.82) is 0 Å². The topological polar surface area (TPSA) is 47.6 Å². The molecule has 0 fully saturated rings. The molecular weight excluding hydrogens is 350 g/mol. The highest BCUT2D eigenvalue weighted by atomic mass is 16.5. The average molecular weight is 375 g/mol. The van der Waals surface area contributed by atoms with Gasteiger partial charge in [0, 0.05) is 6.54 Å². The van der Waals surface area contributed by atoms with Crippen molar-refractivity contribution in [3.63, 3.8) is 0 Å². The third-order valence-electron chi connectivity index (χ3n) is 4.31. The maximum absolute atomic E-state index is 12.1. The normalized spacial score (nSPS) is 10.5. The minimum Gasteiger partial charge on any atom is -0.484 e. The Kier molecular flexibility index (Phi) is 7.21. The van der Waals surface area contributed by atoms with Gasteiger partial charge >= 0.3 is 0 Å². The molecule has 0 aliphatic heterocycles. The SMILES string of the molecule is Cc1ccccc1OCC(=O)NCc1cccc(COCc2ccccc2)c1. The van der Waals surface area contributed by atoms with Crippen LogP contribution < -0.4 is 10.1 Å². The van der Waals surface area contributed by atoms with Crippen molar-refractivity contribution in [2.75, 3.05) is 6.61 Å². The van der Waals surface area contributed by atoms with Crippen molar-refractivity contribution >= 4 is 5.91 Å². The molecule has 0 saturated heterocycles. The molecular formula is C24H25NO3. The van der Waals surface area contributed by atoms with Crippen LogP contribution in [0.3, 0.4) is 0 Å². The highest BCUT2D eigenvalue weighted by Crippen LogP contribution is 2.15. The van der Waals surface area contributed by atoms with E-state index in [1.54, 1.807) is 0 Å². The van der Waals surface area contributed by atoms with Crippen molar-refractivity contribution in [2.45, 2.75) is 26.7 Å². The van der Waals surface area contributed by atoms with Crippen molar-refractivity contribution in [1.82, 2.24) is 5.32 Å². The fourth-order valence-electron chi connectivity index (χ4n) is 2.80. The molecule has 0 bridgehead atoms. The molecule has 0 aliphatic rings. The summed E-state index contributed by atoms with van der Waals surface area (Å²) >= 11 is 0. The number of carbonyl (C=O) groups excluding carboxylic acids is 1.